The smallest absolute Gasteiger partial charge is 0.328 e. The van der Waals surface area contributed by atoms with Gasteiger partial charge in [-0.15, -0.1) is 11.8 Å². The number of Topliss-reactive ketones (excluding diaryl/α,β-unsaturated/α-hetero) is 1. The van der Waals surface area contributed by atoms with Gasteiger partial charge in [0.05, 0.1) is 24.3 Å². The van der Waals surface area contributed by atoms with Crippen molar-refractivity contribution >= 4 is 46.4 Å². The normalized spacial score (nSPS) is 11.7. The number of thioether (sulfide) groups is 1. The number of ketones is 1. The van der Waals surface area contributed by atoms with Crippen molar-refractivity contribution in [2.24, 2.45) is 5.41 Å². The van der Waals surface area contributed by atoms with E-state index in [2.05, 4.69) is 32.1 Å². The molecule has 0 spiro atoms. The molecular formula is C32H36N4O6S. The van der Waals surface area contributed by atoms with E-state index in [-0.39, 0.29) is 43.0 Å². The van der Waals surface area contributed by atoms with Gasteiger partial charge in [-0.1, -0.05) is 39.5 Å². The second-order valence-corrected chi connectivity index (χ2v) is 11.7. The number of benzene rings is 1. The molecule has 43 heavy (non-hydrogen) atoms. The van der Waals surface area contributed by atoms with E-state index in [4.69, 9.17) is 9.47 Å². The number of carbonyl (C=O) groups excluding carboxylic acids is 4. The molecule has 2 aromatic heterocycles. The van der Waals surface area contributed by atoms with Gasteiger partial charge in [-0.05, 0) is 44.2 Å². The molecule has 3 aromatic rings. The fourth-order valence-electron chi connectivity index (χ4n) is 4.09. The number of fused-ring (bicyclic) bond motifs is 1. The minimum atomic E-state index is -1.13. The van der Waals surface area contributed by atoms with Crippen LogP contribution in [0.3, 0.4) is 0 Å². The Morgan fingerprint density at radius 1 is 1.00 bits per heavy atom. The molecule has 0 bridgehead atoms. The molecule has 0 fully saturated rings. The van der Waals surface area contributed by atoms with Gasteiger partial charge < -0.3 is 14.8 Å². The summed E-state index contributed by atoms with van der Waals surface area (Å²) in [6.45, 7) is 10.9. The monoisotopic (exact) mass is 604 g/mol. The highest BCUT2D eigenvalue weighted by Crippen LogP contribution is 2.32. The van der Waals surface area contributed by atoms with E-state index in [1.54, 1.807) is 65.2 Å². The molecule has 226 valence electrons. The molecule has 0 radical (unpaired) electrons. The zero-order chi connectivity index (χ0) is 31.6. The van der Waals surface area contributed by atoms with Crippen molar-refractivity contribution in [3.8, 4) is 11.8 Å². The Morgan fingerprint density at radius 3 is 2.42 bits per heavy atom. The van der Waals surface area contributed by atoms with Crippen molar-refractivity contribution in [3.05, 3.63) is 59.2 Å². The van der Waals surface area contributed by atoms with E-state index >= 15 is 0 Å². The van der Waals surface area contributed by atoms with Gasteiger partial charge in [-0.25, -0.2) is 19.7 Å². The number of carbonyl (C=O) groups is 4. The lowest BCUT2D eigenvalue weighted by molar-refractivity contribution is -0.146. The molecule has 3 rings (SSSR count). The van der Waals surface area contributed by atoms with Crippen molar-refractivity contribution in [2.45, 2.75) is 65.3 Å². The molecule has 11 heteroatoms. The number of esters is 2. The maximum atomic E-state index is 13.9. The van der Waals surface area contributed by atoms with Crippen molar-refractivity contribution in [3.63, 3.8) is 0 Å². The van der Waals surface area contributed by atoms with Gasteiger partial charge in [0.2, 0.25) is 0 Å². The van der Waals surface area contributed by atoms with Gasteiger partial charge >= 0.3 is 11.9 Å². The Labute approximate surface area is 255 Å². The molecule has 1 atom stereocenters. The predicted molar refractivity (Wildman–Crippen MR) is 164 cm³/mol. The van der Waals surface area contributed by atoms with Crippen molar-refractivity contribution in [1.82, 2.24) is 20.3 Å². The van der Waals surface area contributed by atoms with Gasteiger partial charge in [0.15, 0.2) is 11.4 Å². The van der Waals surface area contributed by atoms with Crippen LogP contribution in [-0.4, -0.2) is 63.6 Å². The standard InChI is InChI=1S/C32H36N4O6S/c1-7-41-26(37)15-13-24(31(40)42-8-2)36-30(39)23-12-14-25(43-9-3)22(27(23)28(38)32(4,5)6)11-10-20-16-21-18-33-19-35-29(21)34-17-20/h12,14,16-19,24H,7-9,13,15H2,1-6H3,(H,36,39)/t24-/m0/s1. The largest absolute Gasteiger partial charge is 0.466 e. The SMILES string of the molecule is CCOC(=O)CC[C@H](NC(=O)c1ccc(SCC)c(C#Cc2cnc3ncncc3c2)c1C(=O)C(C)(C)C)C(=O)OCC. The van der Waals surface area contributed by atoms with Gasteiger partial charge in [0, 0.05) is 45.6 Å². The molecule has 10 nitrogen and oxygen atoms in total. The maximum Gasteiger partial charge on any atom is 0.328 e. The first-order chi connectivity index (χ1) is 20.5. The number of ether oxygens (including phenoxy) is 2. The number of nitrogens with one attached hydrogen (secondary N) is 1. The minimum Gasteiger partial charge on any atom is -0.466 e. The predicted octanol–water partition coefficient (Wildman–Crippen LogP) is 4.77. The van der Waals surface area contributed by atoms with E-state index in [9.17, 15) is 19.2 Å². The average Bonchev–Trinajstić information content (AvgIpc) is 2.97. The summed E-state index contributed by atoms with van der Waals surface area (Å²) in [7, 11) is 0. The summed E-state index contributed by atoms with van der Waals surface area (Å²) in [5.74, 6) is 4.81. The number of aromatic nitrogens is 3. The lowest BCUT2D eigenvalue weighted by Crippen LogP contribution is -2.43. The number of amides is 1. The fraction of sp³-hybridized carbons (Fsp3) is 0.406. The first-order valence-corrected chi connectivity index (χ1v) is 15.0. The second-order valence-electron chi connectivity index (χ2n) is 10.4. The summed E-state index contributed by atoms with van der Waals surface area (Å²) in [5, 5.41) is 3.39. The van der Waals surface area contributed by atoms with Crippen LogP contribution in [0, 0.1) is 17.3 Å². The van der Waals surface area contributed by atoms with Crippen LogP contribution in [0.5, 0.6) is 0 Å². The van der Waals surface area contributed by atoms with Crippen LogP contribution in [0.4, 0.5) is 0 Å². The van der Waals surface area contributed by atoms with Crippen LogP contribution >= 0.6 is 11.8 Å². The molecule has 0 aliphatic rings. The summed E-state index contributed by atoms with van der Waals surface area (Å²) in [6.07, 6.45) is 4.52. The molecule has 1 aromatic carbocycles. The zero-order valence-corrected chi connectivity index (χ0v) is 26.1. The third-order valence-corrected chi connectivity index (χ3v) is 7.07. The van der Waals surface area contributed by atoms with Gasteiger partial charge in [0.1, 0.15) is 12.4 Å². The molecule has 0 saturated heterocycles. The summed E-state index contributed by atoms with van der Waals surface area (Å²) in [6, 6.07) is 3.99. The summed E-state index contributed by atoms with van der Waals surface area (Å²) in [5.41, 5.74) is 0.890. The molecule has 0 saturated carbocycles. The Kier molecular flexibility index (Phi) is 11.8. The lowest BCUT2D eigenvalue weighted by Gasteiger charge is -2.23. The maximum absolute atomic E-state index is 13.9. The molecule has 0 aliphatic heterocycles. The van der Waals surface area contributed by atoms with E-state index < -0.39 is 29.3 Å². The minimum absolute atomic E-state index is 0.0267. The van der Waals surface area contributed by atoms with E-state index in [0.29, 0.717) is 27.9 Å². The van der Waals surface area contributed by atoms with Crippen LogP contribution in [0.1, 0.15) is 86.2 Å². The summed E-state index contributed by atoms with van der Waals surface area (Å²) in [4.78, 5) is 65.6. The molecule has 1 N–H and O–H groups in total. The molecule has 0 unspecified atom stereocenters. The Balaban J connectivity index is 2.12. The molecule has 2 heterocycles. The number of nitrogens with zero attached hydrogens (tertiary/aromatic N) is 3. The Bertz CT molecular complexity index is 1570. The first kappa shape index (κ1) is 33.2. The lowest BCUT2D eigenvalue weighted by atomic mass is 9.82. The number of hydrogen-bond donors (Lipinski definition) is 1. The van der Waals surface area contributed by atoms with E-state index in [0.717, 1.165) is 4.90 Å². The zero-order valence-electron chi connectivity index (χ0n) is 25.3. The third-order valence-electron chi connectivity index (χ3n) is 6.13. The molecular weight excluding hydrogens is 568 g/mol. The third kappa shape index (κ3) is 8.85. The van der Waals surface area contributed by atoms with Crippen molar-refractivity contribution < 1.29 is 28.7 Å². The van der Waals surface area contributed by atoms with Crippen molar-refractivity contribution in [2.75, 3.05) is 19.0 Å². The quantitative estimate of drug-likeness (QED) is 0.141. The Morgan fingerprint density at radius 2 is 1.74 bits per heavy atom. The Hall–Kier alpha value is -4.30. The summed E-state index contributed by atoms with van der Waals surface area (Å²) >= 11 is 1.50. The number of pyridine rings is 1. The van der Waals surface area contributed by atoms with Crippen LogP contribution in [0.15, 0.2) is 41.8 Å². The molecule has 1 amide bonds. The fourth-order valence-corrected chi connectivity index (χ4v) is 4.86. The topological polar surface area (TPSA) is 137 Å². The molecule has 0 aliphatic carbocycles. The summed E-state index contributed by atoms with van der Waals surface area (Å²) < 4.78 is 10.1. The van der Waals surface area contributed by atoms with Crippen LogP contribution in [0.25, 0.3) is 11.0 Å². The first-order valence-electron chi connectivity index (χ1n) is 14.1. The van der Waals surface area contributed by atoms with E-state index in [1.165, 1.54) is 18.1 Å². The number of rotatable bonds is 11. The van der Waals surface area contributed by atoms with Gasteiger partial charge in [0.25, 0.3) is 5.91 Å². The van der Waals surface area contributed by atoms with Crippen molar-refractivity contribution in [1.29, 1.82) is 0 Å². The van der Waals surface area contributed by atoms with E-state index in [1.807, 2.05) is 6.92 Å². The number of hydrogen-bond acceptors (Lipinski definition) is 10. The van der Waals surface area contributed by atoms with Crippen LogP contribution in [0.2, 0.25) is 0 Å². The highest BCUT2D eigenvalue weighted by molar-refractivity contribution is 7.99. The average molecular weight is 605 g/mol. The van der Waals surface area contributed by atoms with Gasteiger partial charge in [-0.2, -0.15) is 0 Å². The highest BCUT2D eigenvalue weighted by Gasteiger charge is 2.32. The van der Waals surface area contributed by atoms with Crippen LogP contribution in [-0.2, 0) is 19.1 Å². The van der Waals surface area contributed by atoms with Crippen LogP contribution < -0.4 is 5.32 Å². The van der Waals surface area contributed by atoms with Gasteiger partial charge in [-0.3, -0.25) is 14.4 Å². The second kappa shape index (κ2) is 15.3. The highest BCUT2D eigenvalue weighted by atomic mass is 32.2.